The van der Waals surface area contributed by atoms with Crippen LogP contribution in [0.2, 0.25) is 5.02 Å². The second kappa shape index (κ2) is 7.33. The Balaban J connectivity index is 2.04. The van der Waals surface area contributed by atoms with Gasteiger partial charge < -0.3 is 4.42 Å². The maximum absolute atomic E-state index is 12.7. The van der Waals surface area contributed by atoms with E-state index in [1.54, 1.807) is 30.5 Å². The second-order valence-electron chi connectivity index (χ2n) is 5.35. The summed E-state index contributed by atoms with van der Waals surface area (Å²) >= 11 is 6.03. The smallest absolute Gasteiger partial charge is 0.360 e. The fourth-order valence-electron chi connectivity index (χ4n) is 2.42. The van der Waals surface area contributed by atoms with E-state index in [9.17, 15) is 14.4 Å². The number of carbonyl (C=O) groups excluding carboxylic acids is 2. The third-order valence-electron chi connectivity index (χ3n) is 3.61. The first-order valence-electron chi connectivity index (χ1n) is 7.63. The molecular weight excluding hydrogens is 356 g/mol. The molecule has 130 valence electrons. The number of hydrogen-bond acceptors (Lipinski definition) is 5. The molecule has 2 heterocycles. The lowest BCUT2D eigenvalue weighted by Crippen LogP contribution is -2.38. The SMILES string of the molecule is CC(=O)N(C(=O)c1ccccc1Cl)c1ccc(-c2cccnc2)oc1=O. The van der Waals surface area contributed by atoms with E-state index < -0.39 is 17.4 Å². The zero-order chi connectivity index (χ0) is 18.7. The van der Waals surface area contributed by atoms with Crippen molar-refractivity contribution in [2.75, 3.05) is 4.90 Å². The molecule has 2 aromatic heterocycles. The Bertz CT molecular complexity index is 1030. The van der Waals surface area contributed by atoms with Crippen molar-refractivity contribution in [1.29, 1.82) is 0 Å². The molecule has 6 nitrogen and oxygen atoms in total. The van der Waals surface area contributed by atoms with Crippen molar-refractivity contribution < 1.29 is 14.0 Å². The predicted molar refractivity (Wildman–Crippen MR) is 97.2 cm³/mol. The lowest BCUT2D eigenvalue weighted by molar-refractivity contribution is -0.116. The van der Waals surface area contributed by atoms with Gasteiger partial charge in [-0.2, -0.15) is 0 Å². The molecule has 0 saturated carbocycles. The highest BCUT2D eigenvalue weighted by molar-refractivity contribution is 6.35. The molecule has 0 saturated heterocycles. The summed E-state index contributed by atoms with van der Waals surface area (Å²) in [4.78, 5) is 41.9. The number of imide groups is 1. The van der Waals surface area contributed by atoms with E-state index in [-0.39, 0.29) is 22.0 Å². The van der Waals surface area contributed by atoms with Crippen LogP contribution in [0.15, 0.2) is 70.1 Å². The van der Waals surface area contributed by atoms with Gasteiger partial charge in [0.2, 0.25) is 5.91 Å². The first-order chi connectivity index (χ1) is 12.5. The molecule has 0 aliphatic rings. The third-order valence-corrected chi connectivity index (χ3v) is 3.94. The van der Waals surface area contributed by atoms with Crippen molar-refractivity contribution in [3.8, 4) is 11.3 Å². The van der Waals surface area contributed by atoms with Crippen LogP contribution in [0, 0.1) is 0 Å². The van der Waals surface area contributed by atoms with Gasteiger partial charge in [0, 0.05) is 24.9 Å². The van der Waals surface area contributed by atoms with Gasteiger partial charge in [-0.1, -0.05) is 23.7 Å². The molecule has 0 bridgehead atoms. The fourth-order valence-corrected chi connectivity index (χ4v) is 2.63. The highest BCUT2D eigenvalue weighted by Crippen LogP contribution is 2.23. The Morgan fingerprint density at radius 2 is 1.85 bits per heavy atom. The van der Waals surface area contributed by atoms with Crippen LogP contribution in [-0.2, 0) is 4.79 Å². The highest BCUT2D eigenvalue weighted by Gasteiger charge is 2.26. The van der Waals surface area contributed by atoms with Crippen LogP contribution in [0.4, 0.5) is 5.69 Å². The summed E-state index contributed by atoms with van der Waals surface area (Å²) in [5.74, 6) is -1.05. The average molecular weight is 369 g/mol. The van der Waals surface area contributed by atoms with Crippen LogP contribution in [0.25, 0.3) is 11.3 Å². The van der Waals surface area contributed by atoms with E-state index in [4.69, 9.17) is 16.0 Å². The van der Waals surface area contributed by atoms with Gasteiger partial charge in [-0.15, -0.1) is 0 Å². The number of benzene rings is 1. The van der Waals surface area contributed by atoms with Gasteiger partial charge in [-0.3, -0.25) is 14.6 Å². The van der Waals surface area contributed by atoms with E-state index in [1.807, 2.05) is 0 Å². The Labute approximate surface area is 153 Å². The molecule has 26 heavy (non-hydrogen) atoms. The summed E-state index contributed by atoms with van der Waals surface area (Å²) in [6.07, 6.45) is 3.13. The standard InChI is InChI=1S/C19H13ClN2O4/c1-12(23)22(18(24)14-6-2-3-7-15(14)20)16-8-9-17(26-19(16)25)13-5-4-10-21-11-13/h2-11H,1H3. The monoisotopic (exact) mass is 368 g/mol. The first-order valence-corrected chi connectivity index (χ1v) is 8.01. The second-order valence-corrected chi connectivity index (χ2v) is 5.76. The van der Waals surface area contributed by atoms with Gasteiger partial charge >= 0.3 is 5.63 Å². The van der Waals surface area contributed by atoms with Crippen molar-refractivity contribution in [1.82, 2.24) is 4.98 Å². The largest absolute Gasteiger partial charge is 0.421 e. The quantitative estimate of drug-likeness (QED) is 0.706. The molecule has 0 radical (unpaired) electrons. The van der Waals surface area contributed by atoms with E-state index in [0.29, 0.717) is 5.56 Å². The van der Waals surface area contributed by atoms with Crippen LogP contribution >= 0.6 is 11.6 Å². The molecule has 7 heteroatoms. The fraction of sp³-hybridized carbons (Fsp3) is 0.0526. The van der Waals surface area contributed by atoms with Crippen LogP contribution in [-0.4, -0.2) is 16.8 Å². The van der Waals surface area contributed by atoms with Crippen LogP contribution in [0.3, 0.4) is 0 Å². The van der Waals surface area contributed by atoms with Gasteiger partial charge in [0.15, 0.2) is 0 Å². The summed E-state index contributed by atoms with van der Waals surface area (Å²) in [6, 6.07) is 12.6. The van der Waals surface area contributed by atoms with E-state index in [0.717, 1.165) is 4.90 Å². The molecular formula is C19H13ClN2O4. The van der Waals surface area contributed by atoms with Crippen molar-refractivity contribution in [2.24, 2.45) is 0 Å². The van der Waals surface area contributed by atoms with Crippen LogP contribution in [0.5, 0.6) is 0 Å². The number of halogens is 1. The normalized spacial score (nSPS) is 10.4. The predicted octanol–water partition coefficient (Wildman–Crippen LogP) is 3.55. The molecule has 0 aliphatic heterocycles. The molecule has 0 aliphatic carbocycles. The van der Waals surface area contributed by atoms with Crippen molar-refractivity contribution in [3.63, 3.8) is 0 Å². The van der Waals surface area contributed by atoms with Crippen LogP contribution < -0.4 is 10.5 Å². The number of pyridine rings is 1. The summed E-state index contributed by atoms with van der Waals surface area (Å²) in [6.45, 7) is 1.18. The minimum absolute atomic E-state index is 0.111. The zero-order valence-corrected chi connectivity index (χ0v) is 14.4. The lowest BCUT2D eigenvalue weighted by atomic mass is 10.1. The average Bonchev–Trinajstić information content (AvgIpc) is 2.64. The van der Waals surface area contributed by atoms with Gasteiger partial charge in [-0.05, 0) is 36.4 Å². The topological polar surface area (TPSA) is 80.5 Å². The number of amides is 2. The van der Waals surface area contributed by atoms with Crippen molar-refractivity contribution in [3.05, 3.63) is 81.9 Å². The van der Waals surface area contributed by atoms with E-state index >= 15 is 0 Å². The minimum atomic E-state index is -0.818. The maximum Gasteiger partial charge on any atom is 0.360 e. The van der Waals surface area contributed by atoms with Crippen LogP contribution in [0.1, 0.15) is 17.3 Å². The molecule has 0 fully saturated rings. The van der Waals surface area contributed by atoms with Crippen molar-refractivity contribution >= 4 is 29.1 Å². The molecule has 0 atom stereocenters. The van der Waals surface area contributed by atoms with E-state index in [1.165, 1.54) is 37.4 Å². The number of nitrogens with zero attached hydrogens (tertiary/aromatic N) is 2. The Morgan fingerprint density at radius 1 is 1.08 bits per heavy atom. The molecule has 3 aromatic rings. The Morgan fingerprint density at radius 3 is 2.46 bits per heavy atom. The number of hydrogen-bond donors (Lipinski definition) is 0. The van der Waals surface area contributed by atoms with E-state index in [2.05, 4.69) is 4.98 Å². The zero-order valence-electron chi connectivity index (χ0n) is 13.7. The summed E-state index contributed by atoms with van der Waals surface area (Å²) < 4.78 is 5.27. The number of rotatable bonds is 3. The lowest BCUT2D eigenvalue weighted by Gasteiger charge is -2.18. The third kappa shape index (κ3) is 3.41. The summed E-state index contributed by atoms with van der Waals surface area (Å²) in [7, 11) is 0. The molecule has 2 amide bonds. The maximum atomic E-state index is 12.7. The van der Waals surface area contributed by atoms with Gasteiger partial charge in [-0.25, -0.2) is 9.69 Å². The number of anilines is 1. The molecule has 0 spiro atoms. The van der Waals surface area contributed by atoms with Crippen molar-refractivity contribution in [2.45, 2.75) is 6.92 Å². The molecule has 3 rings (SSSR count). The Kier molecular flexibility index (Phi) is 4.95. The van der Waals surface area contributed by atoms with Gasteiger partial charge in [0.25, 0.3) is 5.91 Å². The Hall–Kier alpha value is -3.25. The number of carbonyl (C=O) groups is 2. The molecule has 0 N–H and O–H groups in total. The highest BCUT2D eigenvalue weighted by atomic mass is 35.5. The first kappa shape index (κ1) is 17.6. The molecule has 0 unspecified atom stereocenters. The minimum Gasteiger partial charge on any atom is -0.421 e. The summed E-state index contributed by atoms with van der Waals surface area (Å²) in [5.41, 5.74) is -0.292. The van der Waals surface area contributed by atoms with Gasteiger partial charge in [0.05, 0.1) is 10.6 Å². The molecule has 1 aromatic carbocycles. The van der Waals surface area contributed by atoms with Gasteiger partial charge in [0.1, 0.15) is 11.4 Å². The summed E-state index contributed by atoms with van der Waals surface area (Å²) in [5, 5.41) is 0.181. The number of aromatic nitrogens is 1.